The first-order valence-electron chi connectivity index (χ1n) is 6.81. The molecule has 0 saturated carbocycles. The molecule has 4 heteroatoms. The molecule has 0 aliphatic rings. The summed E-state index contributed by atoms with van der Waals surface area (Å²) >= 11 is 5.47. The molecule has 1 aromatic heterocycles. The van der Waals surface area contributed by atoms with Crippen LogP contribution in [0.1, 0.15) is 39.7 Å². The number of nitrogens with one attached hydrogen (secondary N) is 1. The Morgan fingerprint density at radius 3 is 2.63 bits per heavy atom. The van der Waals surface area contributed by atoms with Crippen LogP contribution in [-0.4, -0.2) is 16.7 Å². The highest BCUT2D eigenvalue weighted by molar-refractivity contribution is 7.71. The molecule has 0 bridgehead atoms. The lowest BCUT2D eigenvalue weighted by Crippen LogP contribution is -2.06. The first-order valence-corrected chi connectivity index (χ1v) is 7.22. The molecule has 1 N–H and O–H groups in total. The molecule has 0 aliphatic carbocycles. The Labute approximate surface area is 119 Å². The molecule has 3 nitrogen and oxygen atoms in total. The molecule has 1 atom stereocenters. The third-order valence-corrected chi connectivity index (χ3v) is 3.84. The van der Waals surface area contributed by atoms with Gasteiger partial charge in [-0.2, -0.15) is 0 Å². The second kappa shape index (κ2) is 5.78. The number of nitrogens with zero attached hydrogens (tertiary/aromatic N) is 1. The Morgan fingerprint density at radius 2 is 2.00 bits per heavy atom. The van der Waals surface area contributed by atoms with E-state index in [-0.39, 0.29) is 0 Å². The van der Waals surface area contributed by atoms with Gasteiger partial charge in [0, 0.05) is 6.04 Å². The van der Waals surface area contributed by atoms with Crippen LogP contribution in [0.25, 0.3) is 11.0 Å². The summed E-state index contributed by atoms with van der Waals surface area (Å²) in [5, 5.41) is 0. The maximum Gasteiger partial charge on any atom is 0.178 e. The molecule has 0 fully saturated rings. The van der Waals surface area contributed by atoms with Gasteiger partial charge in [0.2, 0.25) is 0 Å². The van der Waals surface area contributed by atoms with Crippen molar-refractivity contribution in [2.75, 3.05) is 7.11 Å². The number of aromatic amines is 1. The Balaban J connectivity index is 2.43. The van der Waals surface area contributed by atoms with Crippen molar-refractivity contribution in [2.45, 2.75) is 39.7 Å². The minimum Gasteiger partial charge on any atom is -0.494 e. The predicted octanol–water partition coefficient (Wildman–Crippen LogP) is 4.70. The van der Waals surface area contributed by atoms with Gasteiger partial charge >= 0.3 is 0 Å². The van der Waals surface area contributed by atoms with E-state index in [0.717, 1.165) is 33.9 Å². The molecule has 1 unspecified atom stereocenters. The van der Waals surface area contributed by atoms with Gasteiger partial charge in [0.05, 0.1) is 12.6 Å². The molecule has 2 aromatic rings. The van der Waals surface area contributed by atoms with Crippen LogP contribution in [0.15, 0.2) is 18.2 Å². The lowest BCUT2D eigenvalue weighted by Gasteiger charge is -2.16. The number of hydrogen-bond acceptors (Lipinski definition) is 2. The summed E-state index contributed by atoms with van der Waals surface area (Å²) in [6, 6.07) is 6.46. The maximum absolute atomic E-state index is 5.47. The number of imidazole rings is 1. The molecule has 1 heterocycles. The smallest absolute Gasteiger partial charge is 0.178 e. The Morgan fingerprint density at radius 1 is 1.26 bits per heavy atom. The van der Waals surface area contributed by atoms with Crippen molar-refractivity contribution in [2.24, 2.45) is 5.92 Å². The van der Waals surface area contributed by atoms with Crippen molar-refractivity contribution in [1.29, 1.82) is 0 Å². The van der Waals surface area contributed by atoms with Gasteiger partial charge in [-0.15, -0.1) is 0 Å². The summed E-state index contributed by atoms with van der Waals surface area (Å²) in [7, 11) is 1.69. The average Bonchev–Trinajstić information content (AvgIpc) is 2.71. The zero-order valence-corrected chi connectivity index (χ0v) is 12.9. The molecule has 104 valence electrons. The van der Waals surface area contributed by atoms with Crippen molar-refractivity contribution in [3.8, 4) is 5.75 Å². The van der Waals surface area contributed by atoms with E-state index in [1.807, 2.05) is 12.1 Å². The van der Waals surface area contributed by atoms with Gasteiger partial charge in [-0.3, -0.25) is 0 Å². The lowest BCUT2D eigenvalue weighted by molar-refractivity contribution is 0.419. The van der Waals surface area contributed by atoms with E-state index in [9.17, 15) is 0 Å². The van der Waals surface area contributed by atoms with Gasteiger partial charge in [-0.1, -0.05) is 19.9 Å². The summed E-state index contributed by atoms with van der Waals surface area (Å²) in [5.41, 5.74) is 2.12. The SMILES string of the molecule is COc1cccc2c1[nH]c(=S)n2C(C)CCC(C)C. The standard InChI is InChI=1S/C15H22N2OS/c1-10(2)8-9-11(3)17-12-6-5-7-13(18-4)14(12)16-15(17)19/h5-7,10-11H,8-9H2,1-4H3,(H,16,19). The third kappa shape index (κ3) is 2.84. The summed E-state index contributed by atoms with van der Waals surface area (Å²) in [4.78, 5) is 3.27. The van der Waals surface area contributed by atoms with Crippen molar-refractivity contribution in [3.05, 3.63) is 23.0 Å². The van der Waals surface area contributed by atoms with Crippen molar-refractivity contribution >= 4 is 23.3 Å². The van der Waals surface area contributed by atoms with Gasteiger partial charge in [0.1, 0.15) is 11.3 Å². The van der Waals surface area contributed by atoms with Crippen LogP contribution in [0.2, 0.25) is 0 Å². The number of rotatable bonds is 5. The summed E-state index contributed by atoms with van der Waals surface area (Å²) < 4.78 is 8.36. The van der Waals surface area contributed by atoms with E-state index >= 15 is 0 Å². The van der Waals surface area contributed by atoms with E-state index in [4.69, 9.17) is 17.0 Å². The van der Waals surface area contributed by atoms with Gasteiger partial charge in [0.15, 0.2) is 4.77 Å². The number of ether oxygens (including phenoxy) is 1. The lowest BCUT2D eigenvalue weighted by atomic mass is 10.0. The van der Waals surface area contributed by atoms with E-state index in [2.05, 4.69) is 36.4 Å². The van der Waals surface area contributed by atoms with E-state index in [0.29, 0.717) is 6.04 Å². The number of benzene rings is 1. The van der Waals surface area contributed by atoms with Crippen LogP contribution in [0.5, 0.6) is 5.75 Å². The van der Waals surface area contributed by atoms with Crippen LogP contribution >= 0.6 is 12.2 Å². The van der Waals surface area contributed by atoms with Crippen LogP contribution in [0, 0.1) is 10.7 Å². The number of H-pyrrole nitrogens is 1. The number of hydrogen-bond donors (Lipinski definition) is 1. The zero-order chi connectivity index (χ0) is 14.0. The fourth-order valence-corrected chi connectivity index (χ4v) is 2.81. The fraction of sp³-hybridized carbons (Fsp3) is 0.533. The van der Waals surface area contributed by atoms with Crippen molar-refractivity contribution in [3.63, 3.8) is 0 Å². The summed E-state index contributed by atoms with van der Waals surface area (Å²) in [6.07, 6.45) is 2.34. The summed E-state index contributed by atoms with van der Waals surface area (Å²) in [6.45, 7) is 6.74. The number of para-hydroxylation sites is 1. The zero-order valence-electron chi connectivity index (χ0n) is 12.1. The minimum atomic E-state index is 0.399. The molecule has 0 aliphatic heterocycles. The van der Waals surface area contributed by atoms with Crippen molar-refractivity contribution in [1.82, 2.24) is 9.55 Å². The first kappa shape index (κ1) is 14.1. The monoisotopic (exact) mass is 278 g/mol. The van der Waals surface area contributed by atoms with E-state index in [1.54, 1.807) is 7.11 Å². The van der Waals surface area contributed by atoms with Crippen LogP contribution in [0.4, 0.5) is 0 Å². The van der Waals surface area contributed by atoms with Crippen molar-refractivity contribution < 1.29 is 4.74 Å². The summed E-state index contributed by atoms with van der Waals surface area (Å²) in [5.74, 6) is 1.56. The van der Waals surface area contributed by atoms with Crippen LogP contribution in [-0.2, 0) is 0 Å². The molecule has 0 spiro atoms. The number of methoxy groups -OCH3 is 1. The maximum atomic E-state index is 5.47. The van der Waals surface area contributed by atoms with Crippen LogP contribution in [0.3, 0.4) is 0 Å². The van der Waals surface area contributed by atoms with Gasteiger partial charge < -0.3 is 14.3 Å². The fourth-order valence-electron chi connectivity index (χ4n) is 2.43. The predicted molar refractivity (Wildman–Crippen MR) is 82.5 cm³/mol. The minimum absolute atomic E-state index is 0.399. The van der Waals surface area contributed by atoms with E-state index < -0.39 is 0 Å². The van der Waals surface area contributed by atoms with Gasteiger partial charge in [-0.25, -0.2) is 0 Å². The topological polar surface area (TPSA) is 29.9 Å². The number of aromatic nitrogens is 2. The van der Waals surface area contributed by atoms with Gasteiger partial charge in [0.25, 0.3) is 0 Å². The Kier molecular flexibility index (Phi) is 4.30. The Hall–Kier alpha value is -1.29. The molecule has 19 heavy (non-hydrogen) atoms. The molecule has 0 amide bonds. The highest BCUT2D eigenvalue weighted by atomic mass is 32.1. The Bertz CT molecular complexity index is 612. The normalized spacial score (nSPS) is 13.1. The molecule has 0 saturated heterocycles. The second-order valence-corrected chi connectivity index (χ2v) is 5.86. The molecule has 1 aromatic carbocycles. The van der Waals surface area contributed by atoms with E-state index in [1.165, 1.54) is 6.42 Å². The molecular formula is C15H22N2OS. The largest absolute Gasteiger partial charge is 0.494 e. The van der Waals surface area contributed by atoms with Crippen LogP contribution < -0.4 is 4.74 Å². The second-order valence-electron chi connectivity index (χ2n) is 5.47. The highest BCUT2D eigenvalue weighted by Gasteiger charge is 2.13. The quantitative estimate of drug-likeness (QED) is 0.803. The van der Waals surface area contributed by atoms with Gasteiger partial charge in [-0.05, 0) is 50.0 Å². The molecular weight excluding hydrogens is 256 g/mol. The highest BCUT2D eigenvalue weighted by Crippen LogP contribution is 2.28. The molecule has 0 radical (unpaired) electrons. The number of fused-ring (bicyclic) bond motifs is 1. The third-order valence-electron chi connectivity index (χ3n) is 3.54. The molecule has 2 rings (SSSR count). The average molecular weight is 278 g/mol. The first-order chi connectivity index (χ1) is 9.04.